The first-order valence-corrected chi connectivity index (χ1v) is 9.72. The van der Waals surface area contributed by atoms with E-state index in [2.05, 4.69) is 5.32 Å². The second-order valence-corrected chi connectivity index (χ2v) is 7.44. The maximum Gasteiger partial charge on any atom is 0.308 e. The van der Waals surface area contributed by atoms with Gasteiger partial charge in [-0.25, -0.2) is 0 Å². The zero-order chi connectivity index (χ0) is 19.4. The molecule has 1 aromatic rings. The number of hydrogen-bond donors (Lipinski definition) is 1. The first-order chi connectivity index (χ1) is 13.0. The number of carbonyl (C=O) groups is 4. The number of benzene rings is 1. The van der Waals surface area contributed by atoms with Gasteiger partial charge in [0.05, 0.1) is 17.8 Å². The van der Waals surface area contributed by atoms with E-state index < -0.39 is 18.5 Å². The van der Waals surface area contributed by atoms with Gasteiger partial charge in [0.15, 0.2) is 6.61 Å². The van der Waals surface area contributed by atoms with Crippen LogP contribution >= 0.6 is 11.8 Å². The Hall–Kier alpha value is -2.55. The maximum absolute atomic E-state index is 12.7. The molecule has 27 heavy (non-hydrogen) atoms. The van der Waals surface area contributed by atoms with Crippen molar-refractivity contribution < 1.29 is 23.9 Å². The lowest BCUT2D eigenvalue weighted by atomic mass is 10.1. The molecule has 1 N–H and O–H groups in total. The lowest BCUT2D eigenvalue weighted by Gasteiger charge is -2.27. The zero-order valence-corrected chi connectivity index (χ0v) is 15.8. The summed E-state index contributed by atoms with van der Waals surface area (Å²) >= 11 is 1.23. The average molecular weight is 391 g/mol. The van der Waals surface area contributed by atoms with Crippen molar-refractivity contribution in [3.8, 4) is 0 Å². The summed E-state index contributed by atoms with van der Waals surface area (Å²) in [4.78, 5) is 51.2. The summed E-state index contributed by atoms with van der Waals surface area (Å²) in [5.41, 5.74) is 1.13. The third-order valence-electron chi connectivity index (χ3n) is 4.42. The summed E-state index contributed by atoms with van der Waals surface area (Å²) < 4.78 is 5.10. The minimum atomic E-state index is -0.530. The molecule has 2 heterocycles. The van der Waals surface area contributed by atoms with Crippen LogP contribution in [0.4, 0.5) is 16.2 Å². The highest BCUT2D eigenvalue weighted by Gasteiger charge is 2.30. The van der Waals surface area contributed by atoms with Crippen molar-refractivity contribution in [3.63, 3.8) is 0 Å². The molecule has 1 aromatic carbocycles. The number of carbonyl (C=O) groups excluding carboxylic acids is 4. The van der Waals surface area contributed by atoms with Crippen LogP contribution in [0.3, 0.4) is 0 Å². The predicted molar refractivity (Wildman–Crippen MR) is 102 cm³/mol. The smallest absolute Gasteiger partial charge is 0.308 e. The van der Waals surface area contributed by atoms with Gasteiger partial charge in [-0.2, -0.15) is 0 Å². The first-order valence-electron chi connectivity index (χ1n) is 8.74. The van der Waals surface area contributed by atoms with E-state index in [1.807, 2.05) is 0 Å². The Morgan fingerprint density at radius 2 is 2.07 bits per heavy atom. The number of amides is 3. The highest BCUT2D eigenvalue weighted by molar-refractivity contribution is 8.13. The molecule has 0 saturated carbocycles. The Kier molecular flexibility index (Phi) is 6.00. The van der Waals surface area contributed by atoms with Gasteiger partial charge in [0.2, 0.25) is 5.91 Å². The summed E-state index contributed by atoms with van der Waals surface area (Å²) in [6.45, 7) is 2.28. The van der Waals surface area contributed by atoms with Gasteiger partial charge in [0, 0.05) is 31.3 Å². The van der Waals surface area contributed by atoms with Gasteiger partial charge in [0.25, 0.3) is 11.1 Å². The molecule has 1 atom stereocenters. The van der Waals surface area contributed by atoms with Crippen molar-refractivity contribution in [1.29, 1.82) is 0 Å². The number of anilines is 2. The quantitative estimate of drug-likeness (QED) is 0.770. The monoisotopic (exact) mass is 391 g/mol. The van der Waals surface area contributed by atoms with Crippen LogP contribution < -0.4 is 10.2 Å². The van der Waals surface area contributed by atoms with E-state index in [1.54, 1.807) is 36.1 Å². The number of esters is 1. The van der Waals surface area contributed by atoms with Gasteiger partial charge in [-0.05, 0) is 19.1 Å². The number of para-hydroxylation sites is 2. The molecule has 0 aromatic heterocycles. The van der Waals surface area contributed by atoms with Crippen molar-refractivity contribution in [1.82, 2.24) is 4.90 Å². The Morgan fingerprint density at radius 3 is 2.81 bits per heavy atom. The van der Waals surface area contributed by atoms with Crippen LogP contribution in [-0.4, -0.2) is 59.4 Å². The van der Waals surface area contributed by atoms with Crippen LogP contribution in [-0.2, 0) is 19.1 Å². The van der Waals surface area contributed by atoms with Crippen molar-refractivity contribution >= 4 is 46.2 Å². The molecule has 0 aliphatic carbocycles. The summed E-state index contributed by atoms with van der Waals surface area (Å²) in [5.74, 6) is -0.369. The van der Waals surface area contributed by atoms with E-state index in [9.17, 15) is 19.2 Å². The predicted octanol–water partition coefficient (Wildman–Crippen LogP) is 1.85. The number of hydrogen-bond acceptors (Lipinski definition) is 6. The normalized spacial score (nSPS) is 19.4. The fourth-order valence-corrected chi connectivity index (χ4v) is 3.96. The molecule has 3 rings (SSSR count). The molecule has 1 saturated heterocycles. The number of thioether (sulfide) groups is 1. The highest BCUT2D eigenvalue weighted by Crippen LogP contribution is 2.31. The number of ether oxygens (including phenoxy) is 1. The average Bonchev–Trinajstić information content (AvgIpc) is 2.98. The summed E-state index contributed by atoms with van der Waals surface area (Å²) in [6.07, 6.45) is 0.203. The Morgan fingerprint density at radius 1 is 1.30 bits per heavy atom. The van der Waals surface area contributed by atoms with Gasteiger partial charge in [-0.1, -0.05) is 23.9 Å². The molecular formula is C18H21N3O5S. The van der Waals surface area contributed by atoms with Gasteiger partial charge < -0.3 is 19.9 Å². The van der Waals surface area contributed by atoms with Gasteiger partial charge in [-0.15, -0.1) is 0 Å². The molecule has 8 nitrogen and oxygen atoms in total. The van der Waals surface area contributed by atoms with Crippen molar-refractivity contribution in [2.45, 2.75) is 25.8 Å². The van der Waals surface area contributed by atoms with Gasteiger partial charge >= 0.3 is 5.97 Å². The molecular weight excluding hydrogens is 370 g/mol. The van der Waals surface area contributed by atoms with Crippen LogP contribution in [0.25, 0.3) is 0 Å². The summed E-state index contributed by atoms with van der Waals surface area (Å²) in [5, 5.41) is 2.74. The van der Waals surface area contributed by atoms with Crippen LogP contribution in [0.2, 0.25) is 0 Å². The van der Waals surface area contributed by atoms with Crippen LogP contribution in [0, 0.1) is 0 Å². The second kappa shape index (κ2) is 8.43. The number of rotatable bonds is 5. The fourth-order valence-electron chi connectivity index (χ4n) is 3.11. The van der Waals surface area contributed by atoms with Crippen LogP contribution in [0.5, 0.6) is 0 Å². The van der Waals surface area contributed by atoms with E-state index in [-0.39, 0.29) is 30.0 Å². The second-order valence-electron chi connectivity index (χ2n) is 6.39. The lowest BCUT2D eigenvalue weighted by molar-refractivity contribution is -0.148. The number of nitrogens with zero attached hydrogens (tertiary/aromatic N) is 2. The molecule has 2 aliphatic heterocycles. The van der Waals surface area contributed by atoms with E-state index in [0.29, 0.717) is 24.5 Å². The Bertz CT molecular complexity index is 769. The molecule has 2 aliphatic rings. The minimum Gasteiger partial charge on any atom is -0.455 e. The largest absolute Gasteiger partial charge is 0.455 e. The zero-order valence-electron chi connectivity index (χ0n) is 15.0. The van der Waals surface area contributed by atoms with E-state index >= 15 is 0 Å². The molecule has 9 heteroatoms. The molecule has 0 spiro atoms. The van der Waals surface area contributed by atoms with Crippen LogP contribution in [0.1, 0.15) is 19.8 Å². The van der Waals surface area contributed by atoms with E-state index in [1.165, 1.54) is 16.7 Å². The molecule has 1 fully saturated rings. The van der Waals surface area contributed by atoms with Crippen LogP contribution in [0.15, 0.2) is 24.3 Å². The topological polar surface area (TPSA) is 96.0 Å². The number of fused-ring (bicyclic) bond motifs is 1. The van der Waals surface area contributed by atoms with Gasteiger partial charge in [0.1, 0.15) is 0 Å². The van der Waals surface area contributed by atoms with E-state index in [0.717, 1.165) is 5.75 Å². The molecule has 144 valence electrons. The maximum atomic E-state index is 12.7. The summed E-state index contributed by atoms with van der Waals surface area (Å²) in [6, 6.07) is 6.66. The molecule has 0 radical (unpaired) electrons. The Balaban J connectivity index is 1.59. The first kappa shape index (κ1) is 19.2. The minimum absolute atomic E-state index is 0.0361. The Labute approximate surface area is 161 Å². The lowest BCUT2D eigenvalue weighted by Crippen LogP contribution is -2.41. The van der Waals surface area contributed by atoms with Crippen molar-refractivity contribution in [2.75, 3.05) is 35.7 Å². The molecule has 0 bridgehead atoms. The third-order valence-corrected chi connectivity index (χ3v) is 5.31. The van der Waals surface area contributed by atoms with Gasteiger partial charge in [-0.3, -0.25) is 19.2 Å². The van der Waals surface area contributed by atoms with Crippen molar-refractivity contribution in [3.05, 3.63) is 24.3 Å². The molecule has 3 amide bonds. The van der Waals surface area contributed by atoms with E-state index in [4.69, 9.17) is 4.74 Å². The van der Waals surface area contributed by atoms with Crippen molar-refractivity contribution in [2.24, 2.45) is 0 Å². The standard InChI is InChI=1S/C18H21N3O5S/c1-12-10-15(22)19-13-4-2-3-5-14(13)21(12)16(23)11-26-17(24)6-7-20-8-9-27-18(20)25/h2-5,12H,6-11H2,1H3,(H,19,22). The highest BCUT2D eigenvalue weighted by atomic mass is 32.2. The molecule has 1 unspecified atom stereocenters. The fraction of sp³-hybridized carbons (Fsp3) is 0.444. The summed E-state index contributed by atoms with van der Waals surface area (Å²) in [7, 11) is 0. The number of nitrogens with one attached hydrogen (secondary N) is 1. The third kappa shape index (κ3) is 4.60. The SMILES string of the molecule is CC1CC(=O)Nc2ccccc2N1C(=O)COC(=O)CCN1CCSC1=O.